The average molecular weight is 141 g/mol. The molecular formula is C7H6FO2. The number of rotatable bonds is 1. The molecule has 0 saturated carbocycles. The highest BCUT2D eigenvalue weighted by atomic mass is 19.1. The molecule has 1 radical (unpaired) electrons. The first-order chi connectivity index (χ1) is 4.75. The lowest BCUT2D eigenvalue weighted by Crippen LogP contribution is -1.86. The Hall–Kier alpha value is -1.25. The normalized spacial score (nSPS) is 9.40. The third-order valence-corrected chi connectivity index (χ3v) is 1.15. The molecule has 0 amide bonds. The molecule has 0 heterocycles. The Morgan fingerprint density at radius 1 is 1.50 bits per heavy atom. The summed E-state index contributed by atoms with van der Waals surface area (Å²) >= 11 is 0. The van der Waals surface area contributed by atoms with E-state index < -0.39 is 11.6 Å². The second-order valence-electron chi connectivity index (χ2n) is 1.77. The molecule has 0 bridgehead atoms. The fraction of sp³-hybridized carbons (Fsp3) is 0.143. The first-order valence-corrected chi connectivity index (χ1v) is 2.75. The molecule has 0 atom stereocenters. The van der Waals surface area contributed by atoms with Gasteiger partial charge in [0.2, 0.25) is 11.6 Å². The maximum atomic E-state index is 12.6. The first kappa shape index (κ1) is 6.86. The predicted molar refractivity (Wildman–Crippen MR) is 33.1 cm³/mol. The molecule has 10 heavy (non-hydrogen) atoms. The van der Waals surface area contributed by atoms with Crippen LogP contribution in [0, 0.1) is 5.82 Å². The maximum absolute atomic E-state index is 12.6. The SMILES string of the molecule is COc1cccc([O])c1F. The van der Waals surface area contributed by atoms with Crippen molar-refractivity contribution in [3.63, 3.8) is 0 Å². The monoisotopic (exact) mass is 141 g/mol. The highest BCUT2D eigenvalue weighted by molar-refractivity contribution is 5.33. The van der Waals surface area contributed by atoms with E-state index in [1.807, 2.05) is 0 Å². The minimum absolute atomic E-state index is 0.00694. The van der Waals surface area contributed by atoms with Crippen LogP contribution in [0.4, 0.5) is 4.39 Å². The maximum Gasteiger partial charge on any atom is 0.218 e. The quantitative estimate of drug-likeness (QED) is 0.587. The molecule has 0 unspecified atom stereocenters. The molecule has 1 aromatic rings. The number of hydrogen-bond donors (Lipinski definition) is 0. The first-order valence-electron chi connectivity index (χ1n) is 2.75. The minimum Gasteiger partial charge on any atom is -0.494 e. The van der Waals surface area contributed by atoms with Gasteiger partial charge in [-0.05, 0) is 12.1 Å². The minimum atomic E-state index is -0.829. The largest absolute Gasteiger partial charge is 0.494 e. The Morgan fingerprint density at radius 2 is 2.20 bits per heavy atom. The van der Waals surface area contributed by atoms with E-state index in [0.29, 0.717) is 0 Å². The standard InChI is InChI=1S/C7H6FO2/c1-10-6-4-2-3-5(9)7(6)8/h2-4H,1H3. The fourth-order valence-corrected chi connectivity index (χ4v) is 0.648. The van der Waals surface area contributed by atoms with E-state index >= 15 is 0 Å². The Kier molecular flexibility index (Phi) is 1.76. The van der Waals surface area contributed by atoms with Crippen LogP contribution in [0.25, 0.3) is 0 Å². The van der Waals surface area contributed by atoms with E-state index in [4.69, 9.17) is 0 Å². The molecule has 0 aliphatic heterocycles. The second kappa shape index (κ2) is 2.56. The van der Waals surface area contributed by atoms with Crippen molar-refractivity contribution in [2.24, 2.45) is 0 Å². The topological polar surface area (TPSA) is 29.1 Å². The summed E-state index contributed by atoms with van der Waals surface area (Å²) in [6.45, 7) is 0. The van der Waals surface area contributed by atoms with Gasteiger partial charge in [0.15, 0.2) is 5.75 Å². The van der Waals surface area contributed by atoms with Crippen LogP contribution in [-0.4, -0.2) is 7.11 Å². The second-order valence-corrected chi connectivity index (χ2v) is 1.77. The molecule has 1 rings (SSSR count). The number of methoxy groups -OCH3 is 1. The van der Waals surface area contributed by atoms with Gasteiger partial charge in [0.05, 0.1) is 7.11 Å². The van der Waals surface area contributed by atoms with Gasteiger partial charge >= 0.3 is 0 Å². The van der Waals surface area contributed by atoms with Gasteiger partial charge in [0.25, 0.3) is 0 Å². The van der Waals surface area contributed by atoms with Crippen molar-refractivity contribution in [3.05, 3.63) is 24.0 Å². The number of halogens is 1. The van der Waals surface area contributed by atoms with E-state index in [1.54, 1.807) is 0 Å². The molecule has 0 aliphatic carbocycles. The molecule has 1 aromatic carbocycles. The van der Waals surface area contributed by atoms with Gasteiger partial charge in [0.1, 0.15) is 0 Å². The van der Waals surface area contributed by atoms with E-state index in [-0.39, 0.29) is 5.75 Å². The van der Waals surface area contributed by atoms with Gasteiger partial charge < -0.3 is 4.74 Å². The van der Waals surface area contributed by atoms with Gasteiger partial charge in [-0.3, -0.25) is 5.11 Å². The third-order valence-electron chi connectivity index (χ3n) is 1.15. The third kappa shape index (κ3) is 1.03. The molecule has 53 valence electrons. The molecule has 0 saturated heterocycles. The van der Waals surface area contributed by atoms with Crippen LogP contribution in [0.2, 0.25) is 0 Å². The summed E-state index contributed by atoms with van der Waals surface area (Å²) in [7, 11) is 1.32. The van der Waals surface area contributed by atoms with Crippen LogP contribution in [0.15, 0.2) is 18.2 Å². The summed E-state index contributed by atoms with van der Waals surface area (Å²) < 4.78 is 17.1. The van der Waals surface area contributed by atoms with E-state index in [0.717, 1.165) is 6.07 Å². The zero-order valence-electron chi connectivity index (χ0n) is 5.43. The Labute approximate surface area is 57.9 Å². The van der Waals surface area contributed by atoms with Crippen LogP contribution in [0.1, 0.15) is 0 Å². The van der Waals surface area contributed by atoms with Crippen LogP contribution in [-0.2, 0) is 5.11 Å². The highest BCUT2D eigenvalue weighted by Crippen LogP contribution is 2.24. The molecule has 0 fully saturated rings. The van der Waals surface area contributed by atoms with Crippen molar-refractivity contribution in [2.75, 3.05) is 7.11 Å². The lowest BCUT2D eigenvalue weighted by molar-refractivity contribution is 0.313. The molecule has 0 N–H and O–H groups in total. The van der Waals surface area contributed by atoms with E-state index in [2.05, 4.69) is 4.74 Å². The van der Waals surface area contributed by atoms with Gasteiger partial charge in [-0.2, -0.15) is 4.39 Å². The van der Waals surface area contributed by atoms with Gasteiger partial charge in [-0.25, -0.2) is 0 Å². The zero-order valence-corrected chi connectivity index (χ0v) is 5.43. The summed E-state index contributed by atoms with van der Waals surface area (Å²) in [4.78, 5) is 0. The average Bonchev–Trinajstić information content (AvgIpc) is 1.95. The lowest BCUT2D eigenvalue weighted by Gasteiger charge is -1.99. The van der Waals surface area contributed by atoms with Crippen molar-refractivity contribution >= 4 is 0 Å². The summed E-state index contributed by atoms with van der Waals surface area (Å²) in [5.41, 5.74) is 0. The zero-order chi connectivity index (χ0) is 7.56. The highest BCUT2D eigenvalue weighted by Gasteiger charge is 2.06. The van der Waals surface area contributed by atoms with E-state index in [9.17, 15) is 9.50 Å². The van der Waals surface area contributed by atoms with Gasteiger partial charge in [-0.1, -0.05) is 6.07 Å². The molecule has 0 aromatic heterocycles. The number of ether oxygens (including phenoxy) is 1. The molecule has 0 spiro atoms. The van der Waals surface area contributed by atoms with Crippen LogP contribution < -0.4 is 4.74 Å². The number of benzene rings is 1. The molecule has 3 heteroatoms. The van der Waals surface area contributed by atoms with Crippen LogP contribution >= 0.6 is 0 Å². The van der Waals surface area contributed by atoms with E-state index in [1.165, 1.54) is 19.2 Å². The molecule has 0 aliphatic rings. The molecule has 2 nitrogen and oxygen atoms in total. The summed E-state index contributed by atoms with van der Waals surface area (Å²) in [5.74, 6) is -1.48. The Morgan fingerprint density at radius 3 is 2.70 bits per heavy atom. The van der Waals surface area contributed by atoms with Crippen molar-refractivity contribution in [1.82, 2.24) is 0 Å². The number of hydrogen-bond acceptors (Lipinski definition) is 1. The van der Waals surface area contributed by atoms with Crippen molar-refractivity contribution in [2.45, 2.75) is 0 Å². The van der Waals surface area contributed by atoms with Crippen molar-refractivity contribution < 1.29 is 14.2 Å². The molecular weight excluding hydrogens is 135 g/mol. The fourth-order valence-electron chi connectivity index (χ4n) is 0.648. The predicted octanol–water partition coefficient (Wildman–Crippen LogP) is 1.98. The Bertz CT molecular complexity index is 235. The summed E-state index contributed by atoms with van der Waals surface area (Å²) in [6, 6.07) is 4.00. The summed E-state index contributed by atoms with van der Waals surface area (Å²) in [5, 5.41) is 10.5. The smallest absolute Gasteiger partial charge is 0.218 e. The van der Waals surface area contributed by atoms with Crippen LogP contribution in [0.5, 0.6) is 11.5 Å². The van der Waals surface area contributed by atoms with Crippen LogP contribution in [0.3, 0.4) is 0 Å². The lowest BCUT2D eigenvalue weighted by atomic mass is 10.3. The Balaban J connectivity index is 3.14. The van der Waals surface area contributed by atoms with Gasteiger partial charge in [0, 0.05) is 0 Å². The summed E-state index contributed by atoms with van der Waals surface area (Å²) in [6.07, 6.45) is 0. The van der Waals surface area contributed by atoms with Crippen molar-refractivity contribution in [1.29, 1.82) is 0 Å². The van der Waals surface area contributed by atoms with Gasteiger partial charge in [-0.15, -0.1) is 0 Å². The van der Waals surface area contributed by atoms with Crippen molar-refractivity contribution in [3.8, 4) is 11.5 Å².